The van der Waals surface area contributed by atoms with Gasteiger partial charge in [-0.15, -0.1) is 0 Å². The lowest BCUT2D eigenvalue weighted by Gasteiger charge is -2.07. The second kappa shape index (κ2) is 2.73. The van der Waals surface area contributed by atoms with Crippen LogP contribution in [0.15, 0.2) is 40.3 Å². The molecule has 0 saturated carbocycles. The summed E-state index contributed by atoms with van der Waals surface area (Å²) in [7, 11) is 0. The minimum absolute atomic E-state index is 0.196. The summed E-state index contributed by atoms with van der Waals surface area (Å²) in [6.07, 6.45) is 1.55. The summed E-state index contributed by atoms with van der Waals surface area (Å²) in [5, 5.41) is 0. The molecule has 2 aliphatic rings. The molecule has 3 rings (SSSR count). The fourth-order valence-electron chi connectivity index (χ4n) is 1.90. The molecule has 3 nitrogen and oxygen atoms in total. The highest BCUT2D eigenvalue weighted by Crippen LogP contribution is 2.36. The van der Waals surface area contributed by atoms with Gasteiger partial charge in [0.05, 0.1) is 17.1 Å². The molecule has 1 aromatic rings. The maximum atomic E-state index is 11.3. The minimum Gasteiger partial charge on any atom is -0.267 e. The quantitative estimate of drug-likeness (QED) is 0.626. The molecule has 1 aromatic carbocycles. The molecule has 0 N–H and O–H groups in total. The van der Waals surface area contributed by atoms with Crippen molar-refractivity contribution in [3.63, 3.8) is 0 Å². The van der Waals surface area contributed by atoms with E-state index in [1.165, 1.54) is 0 Å². The number of amides is 1. The van der Waals surface area contributed by atoms with E-state index < -0.39 is 0 Å². The molecule has 1 amide bonds. The number of benzene rings is 1. The van der Waals surface area contributed by atoms with Gasteiger partial charge in [-0.05, 0) is 13.0 Å². The van der Waals surface area contributed by atoms with Gasteiger partial charge < -0.3 is 0 Å². The van der Waals surface area contributed by atoms with E-state index in [0.717, 1.165) is 22.5 Å². The smallest absolute Gasteiger partial charge is 0.267 e. The normalized spacial score (nSPS) is 17.7. The maximum Gasteiger partial charge on any atom is 0.270 e. The standard InChI is InChI=1S/C12H8N2O/c1-7-12-9(6-11(15)13-7)8-4-2-3-5-10(8)14-12/h2-6H,1H3. The summed E-state index contributed by atoms with van der Waals surface area (Å²) in [6, 6.07) is 7.81. The number of carbonyl (C=O) groups excluding carboxylic acids is 1. The lowest BCUT2D eigenvalue weighted by molar-refractivity contribution is -0.113. The van der Waals surface area contributed by atoms with Gasteiger partial charge in [0.1, 0.15) is 0 Å². The van der Waals surface area contributed by atoms with Gasteiger partial charge in [-0.3, -0.25) is 4.79 Å². The Balaban J connectivity index is 2.28. The average molecular weight is 196 g/mol. The molecule has 0 unspecified atom stereocenters. The van der Waals surface area contributed by atoms with E-state index in [2.05, 4.69) is 9.98 Å². The van der Waals surface area contributed by atoms with Gasteiger partial charge in [0, 0.05) is 17.2 Å². The third-order valence-electron chi connectivity index (χ3n) is 2.57. The van der Waals surface area contributed by atoms with E-state index in [9.17, 15) is 4.79 Å². The summed E-state index contributed by atoms with van der Waals surface area (Å²) >= 11 is 0. The second-order valence-electron chi connectivity index (χ2n) is 3.57. The van der Waals surface area contributed by atoms with Crippen molar-refractivity contribution >= 4 is 28.6 Å². The zero-order valence-electron chi connectivity index (χ0n) is 8.19. The zero-order chi connectivity index (χ0) is 10.4. The first kappa shape index (κ1) is 8.29. The molecule has 72 valence electrons. The molecule has 0 bridgehead atoms. The van der Waals surface area contributed by atoms with Gasteiger partial charge >= 0.3 is 0 Å². The molecule has 15 heavy (non-hydrogen) atoms. The molecule has 0 spiro atoms. The summed E-state index contributed by atoms with van der Waals surface area (Å²) in [5.41, 5.74) is 4.38. The van der Waals surface area contributed by atoms with E-state index in [1.807, 2.05) is 31.2 Å². The molecular weight excluding hydrogens is 188 g/mol. The number of fused-ring (bicyclic) bond motifs is 3. The molecule has 3 heteroatoms. The fraction of sp³-hybridized carbons (Fsp3) is 0.0833. The van der Waals surface area contributed by atoms with Gasteiger partial charge in [0.15, 0.2) is 0 Å². The number of hydrogen-bond acceptors (Lipinski definition) is 2. The summed E-state index contributed by atoms with van der Waals surface area (Å²) < 4.78 is 0. The number of dihydropyridines is 1. The Labute approximate surface area is 86.9 Å². The Morgan fingerprint density at radius 1 is 1.13 bits per heavy atom. The Morgan fingerprint density at radius 3 is 2.80 bits per heavy atom. The van der Waals surface area contributed by atoms with Crippen molar-refractivity contribution in [3.8, 4) is 0 Å². The van der Waals surface area contributed by atoms with Crippen LogP contribution in [0.5, 0.6) is 0 Å². The summed E-state index contributed by atoms with van der Waals surface area (Å²) in [6.45, 7) is 1.82. The molecule has 0 aliphatic carbocycles. The van der Waals surface area contributed by atoms with Crippen molar-refractivity contribution in [2.24, 2.45) is 9.98 Å². The third kappa shape index (κ3) is 1.09. The van der Waals surface area contributed by atoms with E-state index in [0.29, 0.717) is 5.71 Å². The number of hydrogen-bond donors (Lipinski definition) is 0. The number of aliphatic imine (C=N–C) groups is 2. The van der Waals surface area contributed by atoms with Crippen molar-refractivity contribution in [1.29, 1.82) is 0 Å². The van der Waals surface area contributed by atoms with Crippen molar-refractivity contribution in [2.75, 3.05) is 0 Å². The first-order valence-electron chi connectivity index (χ1n) is 4.75. The summed E-state index contributed by atoms with van der Waals surface area (Å²) in [4.78, 5) is 19.6. The molecule has 0 fully saturated rings. The lowest BCUT2D eigenvalue weighted by atomic mass is 9.98. The van der Waals surface area contributed by atoms with Gasteiger partial charge in [0.25, 0.3) is 5.91 Å². The van der Waals surface area contributed by atoms with Crippen LogP contribution in [0.1, 0.15) is 12.5 Å². The van der Waals surface area contributed by atoms with Crippen LogP contribution in [-0.2, 0) is 4.79 Å². The van der Waals surface area contributed by atoms with Crippen LogP contribution in [0.4, 0.5) is 5.69 Å². The highest BCUT2D eigenvalue weighted by Gasteiger charge is 2.26. The molecular formula is C12H8N2O. The third-order valence-corrected chi connectivity index (χ3v) is 2.57. The monoisotopic (exact) mass is 196 g/mol. The molecule has 0 aromatic heterocycles. The van der Waals surface area contributed by atoms with E-state index in [1.54, 1.807) is 6.08 Å². The zero-order valence-corrected chi connectivity index (χ0v) is 8.19. The summed E-state index contributed by atoms with van der Waals surface area (Å²) in [5.74, 6) is -0.196. The van der Waals surface area contributed by atoms with Gasteiger partial charge in [-0.25, -0.2) is 9.98 Å². The van der Waals surface area contributed by atoms with Crippen molar-refractivity contribution in [1.82, 2.24) is 0 Å². The van der Waals surface area contributed by atoms with Crippen LogP contribution in [0.2, 0.25) is 0 Å². The first-order chi connectivity index (χ1) is 7.25. The predicted molar refractivity (Wildman–Crippen MR) is 59.6 cm³/mol. The van der Waals surface area contributed by atoms with E-state index in [4.69, 9.17) is 0 Å². The molecule has 0 saturated heterocycles. The lowest BCUT2D eigenvalue weighted by Crippen LogP contribution is -2.16. The molecule has 2 aliphatic heterocycles. The Bertz CT molecular complexity index is 565. The number of rotatable bonds is 0. The Hall–Kier alpha value is -2.03. The second-order valence-corrected chi connectivity index (χ2v) is 3.57. The molecule has 2 heterocycles. The number of para-hydroxylation sites is 1. The van der Waals surface area contributed by atoms with Gasteiger partial charge in [0.2, 0.25) is 0 Å². The van der Waals surface area contributed by atoms with Crippen LogP contribution in [0.3, 0.4) is 0 Å². The molecule has 0 atom stereocenters. The van der Waals surface area contributed by atoms with Gasteiger partial charge in [-0.1, -0.05) is 18.2 Å². The molecule has 0 radical (unpaired) electrons. The van der Waals surface area contributed by atoms with Crippen molar-refractivity contribution < 1.29 is 4.79 Å². The van der Waals surface area contributed by atoms with Crippen molar-refractivity contribution in [3.05, 3.63) is 35.9 Å². The Morgan fingerprint density at radius 2 is 1.93 bits per heavy atom. The topological polar surface area (TPSA) is 41.8 Å². The number of carbonyl (C=O) groups is 1. The SMILES string of the molecule is CC1=NC(=O)C=C2C1=Nc1ccccc12. The largest absolute Gasteiger partial charge is 0.270 e. The van der Waals surface area contributed by atoms with Crippen LogP contribution in [0.25, 0.3) is 5.57 Å². The predicted octanol–water partition coefficient (Wildman–Crippen LogP) is 2.16. The Kier molecular flexibility index (Phi) is 1.51. The number of allylic oxidation sites excluding steroid dienone is 1. The van der Waals surface area contributed by atoms with E-state index in [-0.39, 0.29) is 5.91 Å². The number of nitrogens with zero attached hydrogens (tertiary/aromatic N) is 2. The average Bonchev–Trinajstić information content (AvgIpc) is 2.57. The van der Waals surface area contributed by atoms with E-state index >= 15 is 0 Å². The highest BCUT2D eigenvalue weighted by molar-refractivity contribution is 6.62. The maximum absolute atomic E-state index is 11.3. The highest BCUT2D eigenvalue weighted by atomic mass is 16.1. The fourth-order valence-corrected chi connectivity index (χ4v) is 1.90. The van der Waals surface area contributed by atoms with Crippen molar-refractivity contribution in [2.45, 2.75) is 6.92 Å². The van der Waals surface area contributed by atoms with Crippen LogP contribution >= 0.6 is 0 Å². The van der Waals surface area contributed by atoms with Gasteiger partial charge in [-0.2, -0.15) is 0 Å². The van der Waals surface area contributed by atoms with Crippen LogP contribution in [0, 0.1) is 0 Å². The van der Waals surface area contributed by atoms with Crippen LogP contribution < -0.4 is 0 Å². The minimum atomic E-state index is -0.196. The van der Waals surface area contributed by atoms with Crippen LogP contribution in [-0.4, -0.2) is 17.3 Å². The first-order valence-corrected chi connectivity index (χ1v) is 4.75.